The van der Waals surface area contributed by atoms with Gasteiger partial charge in [0.05, 0.1) is 5.02 Å². The van der Waals surface area contributed by atoms with Crippen LogP contribution in [-0.2, 0) is 6.42 Å². The van der Waals surface area contributed by atoms with Gasteiger partial charge in [0.2, 0.25) is 0 Å². The Labute approximate surface area is 76.3 Å². The van der Waals surface area contributed by atoms with Crippen molar-refractivity contribution < 1.29 is 4.39 Å². The second-order valence-corrected chi connectivity index (χ2v) is 3.14. The van der Waals surface area contributed by atoms with Crippen LogP contribution < -0.4 is 5.73 Å². The number of benzene rings is 1. The van der Waals surface area contributed by atoms with Crippen LogP contribution in [0.15, 0.2) is 12.1 Å². The van der Waals surface area contributed by atoms with Crippen LogP contribution >= 0.6 is 11.6 Å². The molecule has 1 aromatic rings. The van der Waals surface area contributed by atoms with Crippen LogP contribution in [0.1, 0.15) is 11.1 Å². The van der Waals surface area contributed by atoms with E-state index < -0.39 is 0 Å². The third-order valence-corrected chi connectivity index (χ3v) is 2.08. The smallest absolute Gasteiger partial charge is 0.142 e. The summed E-state index contributed by atoms with van der Waals surface area (Å²) in [5, 5.41) is 0.200. The van der Waals surface area contributed by atoms with Gasteiger partial charge in [0.15, 0.2) is 0 Å². The molecule has 0 atom stereocenters. The van der Waals surface area contributed by atoms with Gasteiger partial charge in [-0.2, -0.15) is 0 Å². The molecule has 2 N–H and O–H groups in total. The van der Waals surface area contributed by atoms with Crippen LogP contribution in [-0.4, -0.2) is 6.54 Å². The third kappa shape index (κ3) is 1.96. The Bertz CT molecular complexity index is 286. The minimum atomic E-state index is -0.361. The minimum absolute atomic E-state index is 0.200. The summed E-state index contributed by atoms with van der Waals surface area (Å²) in [6.07, 6.45) is 0.622. The molecule has 12 heavy (non-hydrogen) atoms. The molecule has 1 nitrogen and oxygen atoms in total. The van der Waals surface area contributed by atoms with E-state index in [1.54, 1.807) is 0 Å². The molecule has 3 heteroatoms. The Kier molecular flexibility index (Phi) is 3.06. The van der Waals surface area contributed by atoms with Crippen molar-refractivity contribution in [2.75, 3.05) is 6.54 Å². The predicted molar refractivity (Wildman–Crippen MR) is 48.9 cm³/mol. The first-order valence-corrected chi connectivity index (χ1v) is 4.17. The number of nitrogens with two attached hydrogens (primary N) is 1. The summed E-state index contributed by atoms with van der Waals surface area (Å²) in [4.78, 5) is 0. The van der Waals surface area contributed by atoms with Gasteiger partial charge in [-0.25, -0.2) is 4.39 Å². The first-order chi connectivity index (χ1) is 5.65. The number of hydrogen-bond donors (Lipinski definition) is 1. The Morgan fingerprint density at radius 2 is 2.17 bits per heavy atom. The Morgan fingerprint density at radius 3 is 2.75 bits per heavy atom. The Hall–Kier alpha value is -0.600. The number of aryl methyl sites for hydroxylation is 1. The van der Waals surface area contributed by atoms with Crippen molar-refractivity contribution in [3.8, 4) is 0 Å². The van der Waals surface area contributed by atoms with Gasteiger partial charge in [-0.05, 0) is 37.1 Å². The van der Waals surface area contributed by atoms with E-state index in [-0.39, 0.29) is 10.8 Å². The van der Waals surface area contributed by atoms with Gasteiger partial charge in [-0.3, -0.25) is 0 Å². The zero-order valence-electron chi connectivity index (χ0n) is 6.90. The highest BCUT2D eigenvalue weighted by molar-refractivity contribution is 6.31. The van der Waals surface area contributed by atoms with Crippen LogP contribution in [0.4, 0.5) is 4.39 Å². The van der Waals surface area contributed by atoms with Crippen LogP contribution in [0.3, 0.4) is 0 Å². The van der Waals surface area contributed by atoms with Crippen molar-refractivity contribution in [2.24, 2.45) is 5.73 Å². The lowest BCUT2D eigenvalue weighted by atomic mass is 10.1. The first kappa shape index (κ1) is 9.49. The van der Waals surface area contributed by atoms with Gasteiger partial charge in [0.1, 0.15) is 5.82 Å². The van der Waals surface area contributed by atoms with E-state index in [9.17, 15) is 4.39 Å². The molecule has 0 saturated heterocycles. The second-order valence-electron chi connectivity index (χ2n) is 2.76. The molecular weight excluding hydrogens is 177 g/mol. The van der Waals surface area contributed by atoms with Crippen molar-refractivity contribution in [1.82, 2.24) is 0 Å². The van der Waals surface area contributed by atoms with Crippen LogP contribution in [0.5, 0.6) is 0 Å². The molecule has 0 amide bonds. The van der Waals surface area contributed by atoms with Gasteiger partial charge < -0.3 is 5.73 Å². The van der Waals surface area contributed by atoms with Crippen LogP contribution in [0, 0.1) is 12.7 Å². The molecular formula is C9H11ClFN. The minimum Gasteiger partial charge on any atom is -0.330 e. The maximum absolute atomic E-state index is 13.0. The average Bonchev–Trinajstić information content (AvgIpc) is 2.00. The summed E-state index contributed by atoms with van der Waals surface area (Å²) in [6.45, 7) is 2.32. The number of halogens is 2. The van der Waals surface area contributed by atoms with Crippen LogP contribution in [0.2, 0.25) is 5.02 Å². The Morgan fingerprint density at radius 1 is 1.50 bits per heavy atom. The molecule has 0 heterocycles. The summed E-state index contributed by atoms with van der Waals surface area (Å²) >= 11 is 5.71. The SMILES string of the molecule is Cc1cc(F)c(Cl)c(CCN)c1. The fourth-order valence-electron chi connectivity index (χ4n) is 1.13. The summed E-state index contributed by atoms with van der Waals surface area (Å²) < 4.78 is 13.0. The fraction of sp³-hybridized carbons (Fsp3) is 0.333. The maximum Gasteiger partial charge on any atom is 0.142 e. The molecule has 0 spiro atoms. The monoisotopic (exact) mass is 187 g/mol. The molecule has 0 aliphatic heterocycles. The molecule has 1 aromatic carbocycles. The zero-order chi connectivity index (χ0) is 9.14. The largest absolute Gasteiger partial charge is 0.330 e. The van der Waals surface area contributed by atoms with Crippen molar-refractivity contribution >= 4 is 11.6 Å². The topological polar surface area (TPSA) is 26.0 Å². The molecule has 1 rings (SSSR count). The number of hydrogen-bond acceptors (Lipinski definition) is 1. The van der Waals surface area contributed by atoms with E-state index in [2.05, 4.69) is 0 Å². The molecule has 0 unspecified atom stereocenters. The fourth-order valence-corrected chi connectivity index (χ4v) is 1.34. The molecule has 0 radical (unpaired) electrons. The van der Waals surface area contributed by atoms with Crippen molar-refractivity contribution in [3.05, 3.63) is 34.1 Å². The van der Waals surface area contributed by atoms with Crippen LogP contribution in [0.25, 0.3) is 0 Å². The molecule has 0 aliphatic carbocycles. The van der Waals surface area contributed by atoms with Gasteiger partial charge >= 0.3 is 0 Å². The van der Waals surface area contributed by atoms with Crippen molar-refractivity contribution in [3.63, 3.8) is 0 Å². The summed E-state index contributed by atoms with van der Waals surface area (Å²) in [5.74, 6) is -0.361. The molecule has 0 bridgehead atoms. The molecule has 0 aliphatic rings. The maximum atomic E-state index is 13.0. The van der Waals surface area contributed by atoms with E-state index in [1.807, 2.05) is 13.0 Å². The zero-order valence-corrected chi connectivity index (χ0v) is 7.66. The number of rotatable bonds is 2. The standard InChI is InChI=1S/C9H11ClFN/c1-6-4-7(2-3-12)9(10)8(11)5-6/h4-5H,2-3,12H2,1H3. The van der Waals surface area contributed by atoms with E-state index in [0.717, 1.165) is 11.1 Å². The first-order valence-electron chi connectivity index (χ1n) is 3.79. The highest BCUT2D eigenvalue weighted by Gasteiger charge is 2.05. The van der Waals surface area contributed by atoms with Gasteiger partial charge in [-0.1, -0.05) is 17.7 Å². The second kappa shape index (κ2) is 3.87. The van der Waals surface area contributed by atoms with Gasteiger partial charge in [-0.15, -0.1) is 0 Å². The van der Waals surface area contributed by atoms with Gasteiger partial charge in [0, 0.05) is 0 Å². The normalized spacial score (nSPS) is 10.3. The highest BCUT2D eigenvalue weighted by Crippen LogP contribution is 2.21. The van der Waals surface area contributed by atoms with Crippen molar-refractivity contribution in [1.29, 1.82) is 0 Å². The highest BCUT2D eigenvalue weighted by atomic mass is 35.5. The van der Waals surface area contributed by atoms with E-state index >= 15 is 0 Å². The lowest BCUT2D eigenvalue weighted by Crippen LogP contribution is -2.04. The predicted octanol–water partition coefficient (Wildman–Crippen LogP) is 2.29. The average molecular weight is 188 g/mol. The molecule has 0 saturated carbocycles. The molecule has 66 valence electrons. The van der Waals surface area contributed by atoms with Gasteiger partial charge in [0.25, 0.3) is 0 Å². The third-order valence-electron chi connectivity index (χ3n) is 1.66. The summed E-state index contributed by atoms with van der Waals surface area (Å²) in [6, 6.07) is 3.28. The van der Waals surface area contributed by atoms with Crippen molar-refractivity contribution in [2.45, 2.75) is 13.3 Å². The summed E-state index contributed by atoms with van der Waals surface area (Å²) in [7, 11) is 0. The molecule has 0 aromatic heterocycles. The lowest BCUT2D eigenvalue weighted by molar-refractivity contribution is 0.624. The Balaban J connectivity index is 3.09. The quantitative estimate of drug-likeness (QED) is 0.756. The summed E-state index contributed by atoms with van der Waals surface area (Å²) in [5.41, 5.74) is 7.01. The lowest BCUT2D eigenvalue weighted by Gasteiger charge is -2.04. The van der Waals surface area contributed by atoms with E-state index in [1.165, 1.54) is 6.07 Å². The van der Waals surface area contributed by atoms with E-state index in [4.69, 9.17) is 17.3 Å². The molecule has 0 fully saturated rings. The van der Waals surface area contributed by atoms with E-state index in [0.29, 0.717) is 13.0 Å².